The highest BCUT2D eigenvalue weighted by atomic mass is 32.1. The van der Waals surface area contributed by atoms with Crippen molar-refractivity contribution in [1.29, 1.82) is 0 Å². The summed E-state index contributed by atoms with van der Waals surface area (Å²) in [6.07, 6.45) is 0. The molecule has 8 aromatic carbocycles. The van der Waals surface area contributed by atoms with E-state index in [0.29, 0.717) is 17.5 Å². The molecule has 0 spiro atoms. The van der Waals surface area contributed by atoms with Crippen LogP contribution in [0.15, 0.2) is 186 Å². The van der Waals surface area contributed by atoms with E-state index in [9.17, 15) is 0 Å². The van der Waals surface area contributed by atoms with Crippen LogP contribution in [-0.2, 0) is 0 Å². The normalized spacial score (nSPS) is 11.9. The Morgan fingerprint density at radius 1 is 0.351 bits per heavy atom. The largest absolute Gasteiger partial charge is 0.456 e. The maximum atomic E-state index is 6.62. The third-order valence-electron chi connectivity index (χ3n) is 11.1. The van der Waals surface area contributed by atoms with Gasteiger partial charge in [-0.15, -0.1) is 11.3 Å². The van der Waals surface area contributed by atoms with E-state index in [-0.39, 0.29) is 0 Å². The van der Waals surface area contributed by atoms with Gasteiger partial charge in [-0.1, -0.05) is 121 Å². The molecule has 266 valence electrons. The minimum Gasteiger partial charge on any atom is -0.456 e. The maximum absolute atomic E-state index is 6.62. The Hall–Kier alpha value is -7.41. The van der Waals surface area contributed by atoms with Gasteiger partial charge in [0.25, 0.3) is 0 Å². The van der Waals surface area contributed by atoms with Crippen LogP contribution in [0.1, 0.15) is 0 Å². The Labute approximate surface area is 330 Å². The van der Waals surface area contributed by atoms with Gasteiger partial charge in [-0.3, -0.25) is 0 Å². The molecule has 0 saturated heterocycles. The molecule has 0 fully saturated rings. The molecule has 0 N–H and O–H groups in total. The smallest absolute Gasteiger partial charge is 0.164 e. The topological polar surface area (TPSA) is 56.7 Å². The van der Waals surface area contributed by atoms with E-state index in [1.54, 1.807) is 11.3 Å². The van der Waals surface area contributed by atoms with Crippen molar-refractivity contribution in [2.45, 2.75) is 0 Å². The molecule has 6 heteroatoms. The van der Waals surface area contributed by atoms with Crippen molar-refractivity contribution in [1.82, 2.24) is 19.5 Å². The van der Waals surface area contributed by atoms with Crippen molar-refractivity contribution < 1.29 is 4.42 Å². The zero-order valence-corrected chi connectivity index (χ0v) is 31.2. The number of thiophene rings is 1. The Bertz CT molecular complexity index is 3420. The molecule has 0 aliphatic rings. The van der Waals surface area contributed by atoms with E-state index in [2.05, 4.69) is 126 Å². The summed E-state index contributed by atoms with van der Waals surface area (Å²) in [4.78, 5) is 14.8. The van der Waals surface area contributed by atoms with Gasteiger partial charge in [0.1, 0.15) is 11.2 Å². The second-order valence-corrected chi connectivity index (χ2v) is 15.5. The number of benzene rings is 8. The number of furan rings is 1. The molecule has 0 bridgehead atoms. The molecular weight excluding hydrogens is 717 g/mol. The summed E-state index contributed by atoms with van der Waals surface area (Å²) in [6, 6.07) is 63.9. The van der Waals surface area contributed by atoms with E-state index < -0.39 is 0 Å². The van der Waals surface area contributed by atoms with Crippen LogP contribution >= 0.6 is 11.3 Å². The quantitative estimate of drug-likeness (QED) is 0.176. The number of fused-ring (bicyclic) bond motifs is 9. The van der Waals surface area contributed by atoms with Gasteiger partial charge in [0.05, 0.1) is 11.0 Å². The van der Waals surface area contributed by atoms with Crippen molar-refractivity contribution in [2.24, 2.45) is 0 Å². The van der Waals surface area contributed by atoms with Gasteiger partial charge in [0.15, 0.2) is 17.5 Å². The molecule has 0 aliphatic carbocycles. The first-order chi connectivity index (χ1) is 28.2. The Morgan fingerprint density at radius 2 is 0.877 bits per heavy atom. The van der Waals surface area contributed by atoms with Crippen molar-refractivity contribution in [3.8, 4) is 51.0 Å². The molecule has 57 heavy (non-hydrogen) atoms. The van der Waals surface area contributed by atoms with Gasteiger partial charge in [-0.05, 0) is 65.7 Å². The molecule has 0 amide bonds. The molecule has 5 nitrogen and oxygen atoms in total. The number of hydrogen-bond donors (Lipinski definition) is 0. The van der Waals surface area contributed by atoms with Gasteiger partial charge >= 0.3 is 0 Å². The first-order valence-corrected chi connectivity index (χ1v) is 19.8. The second kappa shape index (κ2) is 12.6. The van der Waals surface area contributed by atoms with Crippen molar-refractivity contribution in [2.75, 3.05) is 0 Å². The van der Waals surface area contributed by atoms with Crippen LogP contribution in [0, 0.1) is 0 Å². The van der Waals surface area contributed by atoms with Gasteiger partial charge in [0, 0.05) is 70.2 Å². The van der Waals surface area contributed by atoms with Crippen LogP contribution in [0.2, 0.25) is 0 Å². The zero-order chi connectivity index (χ0) is 37.5. The Kier molecular flexibility index (Phi) is 7.03. The highest BCUT2D eigenvalue weighted by Crippen LogP contribution is 2.40. The van der Waals surface area contributed by atoms with E-state index in [1.165, 1.54) is 42.0 Å². The first kappa shape index (κ1) is 31.9. The lowest BCUT2D eigenvalue weighted by Gasteiger charge is -2.08. The summed E-state index contributed by atoms with van der Waals surface area (Å²) in [5, 5.41) is 7.16. The van der Waals surface area contributed by atoms with Gasteiger partial charge < -0.3 is 8.98 Å². The molecule has 0 radical (unpaired) electrons. The van der Waals surface area contributed by atoms with E-state index in [4.69, 9.17) is 19.4 Å². The lowest BCUT2D eigenvalue weighted by Crippen LogP contribution is -1.99. The van der Waals surface area contributed by atoms with Crippen LogP contribution < -0.4 is 0 Å². The summed E-state index contributed by atoms with van der Waals surface area (Å²) in [5.41, 5.74) is 10.4. The van der Waals surface area contributed by atoms with E-state index in [1.807, 2.05) is 60.7 Å². The summed E-state index contributed by atoms with van der Waals surface area (Å²) >= 11 is 1.79. The second-order valence-electron chi connectivity index (χ2n) is 14.4. The maximum Gasteiger partial charge on any atom is 0.164 e. The fourth-order valence-corrected chi connectivity index (χ4v) is 9.44. The summed E-state index contributed by atoms with van der Waals surface area (Å²) in [5.74, 6) is 1.97. The molecular formula is C51H30N4OS. The van der Waals surface area contributed by atoms with Crippen LogP contribution in [0.5, 0.6) is 0 Å². The average Bonchev–Trinajstić information content (AvgIpc) is 3.95. The lowest BCUT2D eigenvalue weighted by atomic mass is 10.0. The van der Waals surface area contributed by atoms with E-state index in [0.717, 1.165) is 55.4 Å². The molecule has 4 heterocycles. The number of para-hydroxylation sites is 2. The standard InChI is InChI=1S/C51H30N4OS/c1-3-11-31(12-4-1)49-52-50(32-13-5-2-6-14-32)54-51(53-49)35-20-24-41-42-27-33(21-26-47(42)57-48(41)29-35)34-19-23-39-40-25-22-36(30-46(40)56-45(39)28-34)55-43-17-9-7-15-37(43)38-16-8-10-18-44(38)55/h1-30H. The van der Waals surface area contributed by atoms with Gasteiger partial charge in [0.2, 0.25) is 0 Å². The highest BCUT2D eigenvalue weighted by molar-refractivity contribution is 7.25. The fraction of sp³-hybridized carbons (Fsp3) is 0. The van der Waals surface area contributed by atoms with Crippen molar-refractivity contribution in [3.63, 3.8) is 0 Å². The third-order valence-corrected chi connectivity index (χ3v) is 12.2. The predicted molar refractivity (Wildman–Crippen MR) is 236 cm³/mol. The summed E-state index contributed by atoms with van der Waals surface area (Å²) in [6.45, 7) is 0. The first-order valence-electron chi connectivity index (χ1n) is 19.0. The van der Waals surface area contributed by atoms with Crippen LogP contribution in [-0.4, -0.2) is 19.5 Å². The van der Waals surface area contributed by atoms with Crippen LogP contribution in [0.4, 0.5) is 0 Å². The van der Waals surface area contributed by atoms with Crippen molar-refractivity contribution in [3.05, 3.63) is 182 Å². The average molecular weight is 747 g/mol. The Morgan fingerprint density at radius 3 is 1.56 bits per heavy atom. The molecule has 0 atom stereocenters. The zero-order valence-electron chi connectivity index (χ0n) is 30.4. The molecule has 0 unspecified atom stereocenters. The minimum absolute atomic E-state index is 0.657. The van der Waals surface area contributed by atoms with Gasteiger partial charge in [-0.25, -0.2) is 15.0 Å². The third kappa shape index (κ3) is 5.19. The molecule has 12 aromatic rings. The number of hydrogen-bond acceptors (Lipinski definition) is 5. The molecule has 4 aromatic heterocycles. The molecule has 12 rings (SSSR count). The SMILES string of the molecule is c1ccc(-c2nc(-c3ccccc3)nc(-c3ccc4c(c3)sc3ccc(-c5ccc6c(c5)oc5cc(-n7c8ccccc8c8ccccc87)ccc56)cc34)n2)cc1. The van der Waals surface area contributed by atoms with Crippen LogP contribution in [0.25, 0.3) is 115 Å². The highest BCUT2D eigenvalue weighted by Gasteiger charge is 2.17. The van der Waals surface area contributed by atoms with Gasteiger partial charge in [-0.2, -0.15) is 0 Å². The fourth-order valence-electron chi connectivity index (χ4n) is 8.32. The monoisotopic (exact) mass is 746 g/mol. The molecule has 0 saturated carbocycles. The molecule has 0 aliphatic heterocycles. The van der Waals surface area contributed by atoms with Crippen LogP contribution in [0.3, 0.4) is 0 Å². The predicted octanol–water partition coefficient (Wildman–Crippen LogP) is 13.9. The minimum atomic E-state index is 0.657. The Balaban J connectivity index is 0.921. The summed E-state index contributed by atoms with van der Waals surface area (Å²) in [7, 11) is 0. The summed E-state index contributed by atoms with van der Waals surface area (Å²) < 4.78 is 11.4. The van der Waals surface area contributed by atoms with Crippen molar-refractivity contribution >= 4 is 75.3 Å². The number of aromatic nitrogens is 4. The lowest BCUT2D eigenvalue weighted by molar-refractivity contribution is 0.669. The number of rotatable bonds is 5. The van der Waals surface area contributed by atoms with E-state index >= 15 is 0 Å². The number of nitrogens with zero attached hydrogens (tertiary/aromatic N) is 4.